The Morgan fingerprint density at radius 2 is 1.10 bits per heavy atom. The van der Waals surface area contributed by atoms with Crippen molar-refractivity contribution in [1.29, 1.82) is 0 Å². The smallest absolute Gasteiger partial charge is 0.472 e. The van der Waals surface area contributed by atoms with E-state index in [0.717, 1.165) is 38.5 Å². The minimum Gasteiger partial charge on any atom is -0.480 e. The van der Waals surface area contributed by atoms with Gasteiger partial charge in [-0.25, -0.2) is 4.57 Å². The monoisotopic (exact) mass is 856 g/mol. The molecule has 0 heterocycles. The summed E-state index contributed by atoms with van der Waals surface area (Å²) in [5.41, 5.74) is 5.33. The summed E-state index contributed by atoms with van der Waals surface area (Å²) in [5, 5.41) is 19.1. The average molecular weight is 856 g/mol. The van der Waals surface area contributed by atoms with E-state index in [9.17, 15) is 28.9 Å². The van der Waals surface area contributed by atoms with E-state index in [1.165, 1.54) is 103 Å². The topological polar surface area (TPSA) is 192 Å². The molecule has 12 nitrogen and oxygen atoms in total. The molecular weight excluding hydrogens is 773 g/mol. The van der Waals surface area contributed by atoms with Gasteiger partial charge in [-0.15, -0.1) is 0 Å². The number of hydrogen-bond acceptors (Lipinski definition) is 10. The Morgan fingerprint density at radius 3 is 1.68 bits per heavy atom. The Kier molecular flexibility index (Phi) is 39.0. The Hall–Kier alpha value is -2.60. The minimum atomic E-state index is -4.76. The molecule has 4 atom stereocenters. The highest BCUT2D eigenvalue weighted by atomic mass is 31.2. The maximum Gasteiger partial charge on any atom is 0.472 e. The average Bonchev–Trinajstić information content (AvgIpc) is 3.20. The van der Waals surface area contributed by atoms with Gasteiger partial charge in [0.2, 0.25) is 0 Å². The van der Waals surface area contributed by atoms with Crippen LogP contribution in [-0.2, 0) is 37.5 Å². The predicted molar refractivity (Wildman–Crippen MR) is 237 cm³/mol. The van der Waals surface area contributed by atoms with Gasteiger partial charge in [0.25, 0.3) is 0 Å². The van der Waals surface area contributed by atoms with E-state index in [0.29, 0.717) is 19.3 Å². The molecule has 0 fully saturated rings. The maximum absolute atomic E-state index is 12.6. The molecule has 0 radical (unpaired) electrons. The molecule has 0 aromatic rings. The van der Waals surface area contributed by atoms with Crippen LogP contribution < -0.4 is 5.73 Å². The summed E-state index contributed by atoms with van der Waals surface area (Å²) in [4.78, 5) is 46.0. The highest BCUT2D eigenvalue weighted by Gasteiger charge is 2.28. The second kappa shape index (κ2) is 40.8. The number of unbranched alkanes of at least 4 members (excludes halogenated alkanes) is 19. The number of hydrogen-bond donors (Lipinski definition) is 4. The predicted octanol–water partition coefficient (Wildman–Crippen LogP) is 11.1. The zero-order valence-corrected chi connectivity index (χ0v) is 37.6. The molecule has 342 valence electrons. The van der Waals surface area contributed by atoms with Gasteiger partial charge < -0.3 is 30.3 Å². The fourth-order valence-corrected chi connectivity index (χ4v) is 6.83. The number of rotatable bonds is 42. The van der Waals surface area contributed by atoms with Crippen molar-refractivity contribution in [1.82, 2.24) is 0 Å². The minimum absolute atomic E-state index is 0.00591. The normalized spacial score (nSPS) is 14.7. The van der Waals surface area contributed by atoms with Crippen LogP contribution in [0.2, 0.25) is 0 Å². The molecular formula is C46H82NO11P. The molecule has 59 heavy (non-hydrogen) atoms. The van der Waals surface area contributed by atoms with Gasteiger partial charge in [-0.3, -0.25) is 23.4 Å². The van der Waals surface area contributed by atoms with Crippen LogP contribution in [0, 0.1) is 0 Å². The van der Waals surface area contributed by atoms with Crippen LogP contribution in [0.15, 0.2) is 48.6 Å². The zero-order chi connectivity index (χ0) is 43.7. The van der Waals surface area contributed by atoms with Crippen LogP contribution >= 0.6 is 7.82 Å². The summed E-state index contributed by atoms with van der Waals surface area (Å²) in [5.74, 6) is -2.60. The summed E-state index contributed by atoms with van der Waals surface area (Å²) < 4.78 is 32.6. The number of phosphoric ester groups is 1. The number of aliphatic hydroxyl groups is 1. The maximum atomic E-state index is 12.6. The SMILES string of the molecule is CCCCC/C=C\C/C=C\C/C=C\C=C\[C@@H](O)CCCC(=O)OC[C@H](COP(=O)(O)OC[C@H](N)C(=O)O)OC(=O)CCCCCCCCCCCCCCCCCCC. The first-order valence-electron chi connectivity index (χ1n) is 22.8. The Balaban J connectivity index is 4.51. The lowest BCUT2D eigenvalue weighted by Crippen LogP contribution is -2.34. The molecule has 13 heteroatoms. The van der Waals surface area contributed by atoms with Crippen LogP contribution in [0.3, 0.4) is 0 Å². The molecule has 0 aromatic heterocycles. The van der Waals surface area contributed by atoms with Crippen molar-refractivity contribution in [3.05, 3.63) is 48.6 Å². The van der Waals surface area contributed by atoms with Gasteiger partial charge in [-0.05, 0) is 44.9 Å². The third kappa shape index (κ3) is 40.6. The summed E-state index contributed by atoms with van der Waals surface area (Å²) >= 11 is 0. The van der Waals surface area contributed by atoms with Crippen LogP contribution in [-0.4, -0.2) is 71.1 Å². The molecule has 0 saturated carbocycles. The second-order valence-corrected chi connectivity index (χ2v) is 16.8. The van der Waals surface area contributed by atoms with Crippen molar-refractivity contribution < 1.29 is 52.6 Å². The number of aliphatic hydroxyl groups excluding tert-OH is 1. The Morgan fingerprint density at radius 1 is 0.610 bits per heavy atom. The zero-order valence-electron chi connectivity index (χ0n) is 36.7. The third-order valence-electron chi connectivity index (χ3n) is 9.68. The summed E-state index contributed by atoms with van der Waals surface area (Å²) in [6, 6.07) is -1.55. The van der Waals surface area contributed by atoms with Gasteiger partial charge >= 0.3 is 25.7 Å². The van der Waals surface area contributed by atoms with Crippen LogP contribution in [0.1, 0.15) is 187 Å². The van der Waals surface area contributed by atoms with Crippen molar-refractivity contribution >= 4 is 25.7 Å². The molecule has 0 aliphatic rings. The molecule has 0 aliphatic heterocycles. The van der Waals surface area contributed by atoms with E-state index < -0.39 is 63.8 Å². The number of carbonyl (C=O) groups is 3. The lowest BCUT2D eigenvalue weighted by Gasteiger charge is -2.20. The standard InChI is InChI=1S/C46H82NO11P/c1-3-5-7-9-11-13-15-17-18-19-20-22-24-26-28-30-32-36-45(50)58-42(39-56-59(53,54)57-40-43(47)46(51)52)38-55-44(49)37-33-35-41(48)34-31-29-27-25-23-21-16-14-12-10-8-6-4-2/h12,14,21,23,27,29,31,34,41-43,48H,3-11,13,15-20,22,24-26,28,30,32-33,35-40,47H2,1-2H3,(H,51,52)(H,53,54)/b14-12-,23-21-,29-27-,34-31+/t41-,42-,43+/m1/s1. The first-order valence-corrected chi connectivity index (χ1v) is 24.3. The van der Waals surface area contributed by atoms with Crippen LogP contribution in [0.5, 0.6) is 0 Å². The molecule has 0 amide bonds. The summed E-state index contributed by atoms with van der Waals surface area (Å²) in [6.07, 6.45) is 42.0. The summed E-state index contributed by atoms with van der Waals surface area (Å²) in [7, 11) is -4.76. The number of carbonyl (C=O) groups excluding carboxylic acids is 2. The van der Waals surface area contributed by atoms with Gasteiger partial charge in [0, 0.05) is 12.8 Å². The number of nitrogens with two attached hydrogens (primary N) is 1. The second-order valence-electron chi connectivity index (χ2n) is 15.4. The van der Waals surface area contributed by atoms with Crippen molar-refractivity contribution in [2.75, 3.05) is 19.8 Å². The lowest BCUT2D eigenvalue weighted by atomic mass is 10.0. The first kappa shape index (κ1) is 56.4. The van der Waals surface area contributed by atoms with Crippen LogP contribution in [0.25, 0.3) is 0 Å². The van der Waals surface area contributed by atoms with Gasteiger partial charge in [0.15, 0.2) is 6.10 Å². The van der Waals surface area contributed by atoms with Gasteiger partial charge in [0.1, 0.15) is 12.6 Å². The molecule has 5 N–H and O–H groups in total. The number of allylic oxidation sites excluding steroid dienone is 7. The number of esters is 2. The fourth-order valence-electron chi connectivity index (χ4n) is 6.05. The van der Waals surface area contributed by atoms with Crippen molar-refractivity contribution in [3.8, 4) is 0 Å². The van der Waals surface area contributed by atoms with Crippen molar-refractivity contribution in [2.24, 2.45) is 5.73 Å². The molecule has 0 bridgehead atoms. The molecule has 0 rings (SSSR count). The molecule has 0 aliphatic carbocycles. The number of ether oxygens (including phenoxy) is 2. The van der Waals surface area contributed by atoms with Gasteiger partial charge in [0.05, 0.1) is 19.3 Å². The highest BCUT2D eigenvalue weighted by molar-refractivity contribution is 7.47. The van der Waals surface area contributed by atoms with E-state index in [2.05, 4.69) is 42.7 Å². The highest BCUT2D eigenvalue weighted by Crippen LogP contribution is 2.43. The van der Waals surface area contributed by atoms with Crippen molar-refractivity contribution in [3.63, 3.8) is 0 Å². The Labute approximate surface area is 357 Å². The number of carboxylic acid groups (broad SMARTS) is 1. The fraction of sp³-hybridized carbons (Fsp3) is 0.761. The van der Waals surface area contributed by atoms with E-state index in [4.69, 9.17) is 24.8 Å². The van der Waals surface area contributed by atoms with E-state index in [1.54, 1.807) is 12.2 Å². The molecule has 0 aromatic carbocycles. The van der Waals surface area contributed by atoms with Crippen molar-refractivity contribution in [2.45, 2.75) is 205 Å². The Bertz CT molecular complexity index is 1210. The van der Waals surface area contributed by atoms with Gasteiger partial charge in [-0.2, -0.15) is 0 Å². The number of phosphoric acid groups is 1. The van der Waals surface area contributed by atoms with E-state index in [1.807, 2.05) is 12.2 Å². The summed E-state index contributed by atoms with van der Waals surface area (Å²) in [6.45, 7) is 2.59. The number of aliphatic carboxylic acids is 1. The number of carboxylic acids is 1. The molecule has 0 spiro atoms. The van der Waals surface area contributed by atoms with Gasteiger partial charge in [-0.1, -0.05) is 178 Å². The third-order valence-corrected chi connectivity index (χ3v) is 10.6. The quantitative estimate of drug-likeness (QED) is 0.0150. The van der Waals surface area contributed by atoms with E-state index in [-0.39, 0.29) is 12.8 Å². The molecule has 1 unspecified atom stereocenters. The first-order chi connectivity index (χ1) is 28.5. The molecule has 0 saturated heterocycles. The lowest BCUT2D eigenvalue weighted by molar-refractivity contribution is -0.161. The van der Waals surface area contributed by atoms with Crippen LogP contribution in [0.4, 0.5) is 0 Å². The van der Waals surface area contributed by atoms with E-state index >= 15 is 0 Å². The largest absolute Gasteiger partial charge is 0.480 e.